The van der Waals surface area contributed by atoms with E-state index in [0.717, 1.165) is 12.8 Å². The maximum atomic E-state index is 5.39. The molecule has 0 aliphatic carbocycles. The number of aromatic nitrogens is 2. The molecule has 0 fully saturated rings. The molecule has 0 unspecified atom stereocenters. The van der Waals surface area contributed by atoms with E-state index in [1.165, 1.54) is 11.8 Å². The molecule has 1 aromatic heterocycles. The summed E-state index contributed by atoms with van der Waals surface area (Å²) >= 11 is 1.28. The van der Waals surface area contributed by atoms with E-state index in [-0.39, 0.29) is 0 Å². The fourth-order valence-corrected chi connectivity index (χ4v) is 1.31. The van der Waals surface area contributed by atoms with Gasteiger partial charge in [-0.15, -0.1) is 0 Å². The number of nitrogens with two attached hydrogens (primary N) is 2. The Hall–Kier alpha value is -1.24. The quantitative estimate of drug-likeness (QED) is 0.327. The number of rotatable bonds is 4. The first kappa shape index (κ1) is 10.8. The van der Waals surface area contributed by atoms with Crippen LogP contribution in [0.4, 0.5) is 0 Å². The van der Waals surface area contributed by atoms with Crippen molar-refractivity contribution in [2.75, 3.05) is 0 Å². The maximum absolute atomic E-state index is 5.39. The van der Waals surface area contributed by atoms with Gasteiger partial charge in [-0.05, 0) is 6.42 Å². The third-order valence-corrected chi connectivity index (χ3v) is 2.25. The van der Waals surface area contributed by atoms with Crippen molar-refractivity contribution in [3.63, 3.8) is 0 Å². The van der Waals surface area contributed by atoms with Crippen LogP contribution in [0.1, 0.15) is 25.1 Å². The second-order valence-electron chi connectivity index (χ2n) is 2.61. The van der Waals surface area contributed by atoms with Gasteiger partial charge in [0.05, 0.1) is 5.75 Å². The molecule has 0 amide bonds. The van der Waals surface area contributed by atoms with Gasteiger partial charge in [0.15, 0.2) is 11.0 Å². The summed E-state index contributed by atoms with van der Waals surface area (Å²) in [6.07, 6.45) is 1.79. The van der Waals surface area contributed by atoms with Crippen LogP contribution in [0, 0.1) is 0 Å². The summed E-state index contributed by atoms with van der Waals surface area (Å²) in [5.74, 6) is 6.77. The van der Waals surface area contributed by atoms with Gasteiger partial charge in [-0.25, -0.2) is 0 Å². The second kappa shape index (κ2) is 5.48. The number of amidine groups is 1. The van der Waals surface area contributed by atoms with Crippen LogP contribution < -0.4 is 11.6 Å². The maximum Gasteiger partial charge on any atom is 0.226 e. The Morgan fingerprint density at radius 1 is 1.64 bits per heavy atom. The first-order valence-corrected chi connectivity index (χ1v) is 5.22. The lowest BCUT2D eigenvalue weighted by Gasteiger charge is -1.92. The monoisotopic (exact) mass is 215 g/mol. The molecular weight excluding hydrogens is 202 g/mol. The van der Waals surface area contributed by atoms with E-state index in [2.05, 4.69) is 22.2 Å². The van der Waals surface area contributed by atoms with Gasteiger partial charge < -0.3 is 16.1 Å². The summed E-state index contributed by atoms with van der Waals surface area (Å²) in [6.45, 7) is 2.05. The molecule has 4 N–H and O–H groups in total. The zero-order valence-corrected chi connectivity index (χ0v) is 8.75. The molecule has 14 heavy (non-hydrogen) atoms. The molecule has 0 bridgehead atoms. The predicted molar refractivity (Wildman–Crippen MR) is 55.4 cm³/mol. The SMILES string of the molecule is CCCc1nc(CSC(N)=NN)no1. The smallest absolute Gasteiger partial charge is 0.226 e. The first-order chi connectivity index (χ1) is 6.76. The molecule has 7 heteroatoms. The Bertz CT molecular complexity index is 311. The van der Waals surface area contributed by atoms with E-state index in [4.69, 9.17) is 16.1 Å². The summed E-state index contributed by atoms with van der Waals surface area (Å²) < 4.78 is 4.98. The molecule has 0 saturated heterocycles. The highest BCUT2D eigenvalue weighted by molar-refractivity contribution is 8.13. The highest BCUT2D eigenvalue weighted by atomic mass is 32.2. The van der Waals surface area contributed by atoms with Gasteiger partial charge >= 0.3 is 0 Å². The lowest BCUT2D eigenvalue weighted by molar-refractivity contribution is 0.373. The molecular formula is C7H13N5OS. The van der Waals surface area contributed by atoms with Gasteiger partial charge in [0, 0.05) is 6.42 Å². The minimum Gasteiger partial charge on any atom is -0.377 e. The van der Waals surface area contributed by atoms with E-state index in [1.807, 2.05) is 0 Å². The van der Waals surface area contributed by atoms with Gasteiger partial charge in [0.2, 0.25) is 5.89 Å². The van der Waals surface area contributed by atoms with E-state index in [1.54, 1.807) is 0 Å². The molecule has 0 aromatic carbocycles. The van der Waals surface area contributed by atoms with Gasteiger partial charge in [-0.3, -0.25) is 0 Å². The van der Waals surface area contributed by atoms with Crippen molar-refractivity contribution in [2.24, 2.45) is 16.7 Å². The zero-order valence-electron chi connectivity index (χ0n) is 7.93. The number of nitrogens with zero attached hydrogens (tertiary/aromatic N) is 3. The molecule has 0 radical (unpaired) electrons. The topological polar surface area (TPSA) is 103 Å². The van der Waals surface area contributed by atoms with E-state index in [0.29, 0.717) is 22.6 Å². The summed E-state index contributed by atoms with van der Waals surface area (Å²) in [4.78, 5) is 4.16. The van der Waals surface area contributed by atoms with E-state index < -0.39 is 0 Å². The molecule has 1 heterocycles. The van der Waals surface area contributed by atoms with Crippen molar-refractivity contribution in [2.45, 2.75) is 25.5 Å². The summed E-state index contributed by atoms with van der Waals surface area (Å²) in [6, 6.07) is 0. The van der Waals surface area contributed by atoms with Gasteiger partial charge in [-0.1, -0.05) is 23.8 Å². The highest BCUT2D eigenvalue weighted by Gasteiger charge is 2.05. The number of hydrogen-bond acceptors (Lipinski definition) is 6. The number of hydrazone groups is 1. The summed E-state index contributed by atoms with van der Waals surface area (Å²) in [5.41, 5.74) is 5.39. The standard InChI is InChI=1S/C7H13N5OS/c1-2-3-6-10-5(12-13-6)4-14-7(8)11-9/h2-4,9H2,1H3,(H2,8,11). The van der Waals surface area contributed by atoms with Crippen LogP contribution in [0.15, 0.2) is 9.62 Å². The number of thioether (sulfide) groups is 1. The average molecular weight is 215 g/mol. The van der Waals surface area contributed by atoms with Crippen LogP contribution >= 0.6 is 11.8 Å². The van der Waals surface area contributed by atoms with Crippen molar-refractivity contribution in [3.05, 3.63) is 11.7 Å². The molecule has 0 aliphatic heterocycles. The predicted octanol–water partition coefficient (Wildman–Crippen LogP) is 0.444. The van der Waals surface area contributed by atoms with Crippen LogP contribution in [0.5, 0.6) is 0 Å². The van der Waals surface area contributed by atoms with E-state index in [9.17, 15) is 0 Å². The highest BCUT2D eigenvalue weighted by Crippen LogP contribution is 2.09. The summed E-state index contributed by atoms with van der Waals surface area (Å²) in [5, 5.41) is 7.41. The molecule has 6 nitrogen and oxygen atoms in total. The Kier molecular flexibility index (Phi) is 4.24. The first-order valence-electron chi connectivity index (χ1n) is 4.24. The summed E-state index contributed by atoms with van der Waals surface area (Å²) in [7, 11) is 0. The largest absolute Gasteiger partial charge is 0.377 e. The minimum atomic E-state index is 0.312. The molecule has 0 saturated carbocycles. The fourth-order valence-electron chi connectivity index (χ4n) is 0.840. The fraction of sp³-hybridized carbons (Fsp3) is 0.571. The Balaban J connectivity index is 2.43. The van der Waals surface area contributed by atoms with Crippen molar-refractivity contribution in [1.82, 2.24) is 10.1 Å². The Morgan fingerprint density at radius 2 is 2.43 bits per heavy atom. The minimum absolute atomic E-state index is 0.312. The average Bonchev–Trinajstić information content (AvgIpc) is 2.63. The third kappa shape index (κ3) is 3.25. The Morgan fingerprint density at radius 3 is 3.07 bits per heavy atom. The van der Waals surface area contributed by atoms with Crippen molar-refractivity contribution < 1.29 is 4.52 Å². The van der Waals surface area contributed by atoms with Crippen molar-refractivity contribution in [3.8, 4) is 0 Å². The normalized spacial score (nSPS) is 11.9. The molecule has 1 rings (SSSR count). The van der Waals surface area contributed by atoms with Crippen LogP contribution in [-0.4, -0.2) is 15.3 Å². The second-order valence-corrected chi connectivity index (χ2v) is 3.61. The molecule has 0 aliphatic rings. The molecule has 0 spiro atoms. The van der Waals surface area contributed by atoms with Crippen LogP contribution in [0.2, 0.25) is 0 Å². The van der Waals surface area contributed by atoms with E-state index >= 15 is 0 Å². The van der Waals surface area contributed by atoms with Crippen LogP contribution in [-0.2, 0) is 12.2 Å². The van der Waals surface area contributed by atoms with Gasteiger partial charge in [0.25, 0.3) is 0 Å². The molecule has 1 aromatic rings. The lowest BCUT2D eigenvalue weighted by Crippen LogP contribution is -2.09. The van der Waals surface area contributed by atoms with Gasteiger partial charge in [0.1, 0.15) is 0 Å². The zero-order chi connectivity index (χ0) is 10.4. The number of aryl methyl sites for hydroxylation is 1. The molecule has 0 atom stereocenters. The van der Waals surface area contributed by atoms with Crippen molar-refractivity contribution in [1.29, 1.82) is 0 Å². The Labute approximate surface area is 86.1 Å². The van der Waals surface area contributed by atoms with Crippen molar-refractivity contribution >= 4 is 16.9 Å². The molecule has 78 valence electrons. The van der Waals surface area contributed by atoms with Gasteiger partial charge in [-0.2, -0.15) is 10.1 Å². The third-order valence-electron chi connectivity index (χ3n) is 1.45. The van der Waals surface area contributed by atoms with Crippen LogP contribution in [0.25, 0.3) is 0 Å². The number of hydrogen-bond donors (Lipinski definition) is 2. The lowest BCUT2D eigenvalue weighted by atomic mass is 10.3. The van der Waals surface area contributed by atoms with Crippen LogP contribution in [0.3, 0.4) is 0 Å².